The molecule has 0 aliphatic carbocycles. The predicted molar refractivity (Wildman–Crippen MR) is 76.9 cm³/mol. The Balaban J connectivity index is 2.34. The second kappa shape index (κ2) is 6.21. The molecule has 7 nitrogen and oxygen atoms in total. The van der Waals surface area contributed by atoms with E-state index in [-0.39, 0.29) is 15.7 Å². The highest BCUT2D eigenvalue weighted by molar-refractivity contribution is 9.10. The molecule has 1 fully saturated rings. The van der Waals surface area contributed by atoms with E-state index in [4.69, 9.17) is 0 Å². The van der Waals surface area contributed by atoms with Crippen LogP contribution in [0.1, 0.15) is 23.2 Å². The summed E-state index contributed by atoms with van der Waals surface area (Å²) >= 11 is 3.10. The van der Waals surface area contributed by atoms with Crippen LogP contribution in [0.5, 0.6) is 0 Å². The average Bonchev–Trinajstić information content (AvgIpc) is 2.95. The number of methoxy groups -OCH3 is 1. The van der Waals surface area contributed by atoms with Crippen molar-refractivity contribution in [2.75, 3.05) is 13.7 Å². The fourth-order valence-corrected chi connectivity index (χ4v) is 2.95. The summed E-state index contributed by atoms with van der Waals surface area (Å²) in [6.45, 7) is 0.424. The number of hydrogen-bond acceptors (Lipinski definition) is 5. The molecular weight excluding hydrogens is 344 g/mol. The highest BCUT2D eigenvalue weighted by Crippen LogP contribution is 2.31. The van der Waals surface area contributed by atoms with Gasteiger partial charge in [-0.2, -0.15) is 0 Å². The molecule has 1 aromatic rings. The van der Waals surface area contributed by atoms with Crippen LogP contribution in [0.15, 0.2) is 22.7 Å². The molecule has 0 saturated carbocycles. The summed E-state index contributed by atoms with van der Waals surface area (Å²) < 4.78 is 4.81. The molecule has 0 spiro atoms. The fourth-order valence-electron chi connectivity index (χ4n) is 2.37. The van der Waals surface area contributed by atoms with Crippen molar-refractivity contribution in [1.29, 1.82) is 0 Å². The molecule has 1 amide bonds. The van der Waals surface area contributed by atoms with E-state index in [2.05, 4.69) is 20.7 Å². The maximum atomic E-state index is 12.5. The zero-order chi connectivity index (χ0) is 15.6. The number of nitro groups is 1. The number of rotatable bonds is 3. The number of carbonyl (C=O) groups is 2. The first-order valence-corrected chi connectivity index (χ1v) is 7.08. The van der Waals surface area contributed by atoms with Crippen LogP contribution in [0.25, 0.3) is 0 Å². The maximum absolute atomic E-state index is 12.5. The molecule has 0 radical (unpaired) electrons. The molecule has 1 aliphatic heterocycles. The van der Waals surface area contributed by atoms with Crippen LogP contribution in [0, 0.1) is 10.1 Å². The van der Waals surface area contributed by atoms with Crippen LogP contribution >= 0.6 is 15.9 Å². The van der Waals surface area contributed by atoms with E-state index in [0.717, 1.165) is 0 Å². The van der Waals surface area contributed by atoms with E-state index < -0.39 is 22.8 Å². The second-order valence-electron chi connectivity index (χ2n) is 4.58. The van der Waals surface area contributed by atoms with Gasteiger partial charge in [0.2, 0.25) is 0 Å². The zero-order valence-corrected chi connectivity index (χ0v) is 12.8. The molecule has 0 aromatic heterocycles. The maximum Gasteiger partial charge on any atom is 0.328 e. The molecule has 21 heavy (non-hydrogen) atoms. The molecule has 1 aliphatic rings. The van der Waals surface area contributed by atoms with Gasteiger partial charge in [-0.1, -0.05) is 6.07 Å². The Kier molecular flexibility index (Phi) is 4.56. The predicted octanol–water partition coefficient (Wildman–Crippen LogP) is 2.13. The van der Waals surface area contributed by atoms with Crippen LogP contribution in [0.4, 0.5) is 5.69 Å². The summed E-state index contributed by atoms with van der Waals surface area (Å²) in [5.74, 6) is -0.888. The molecule has 1 aromatic carbocycles. The Morgan fingerprint density at radius 3 is 2.81 bits per heavy atom. The summed E-state index contributed by atoms with van der Waals surface area (Å²) in [6.07, 6.45) is 1.23. The number of amides is 1. The van der Waals surface area contributed by atoms with Crippen molar-refractivity contribution in [2.24, 2.45) is 0 Å². The first-order valence-electron chi connectivity index (χ1n) is 6.29. The average molecular weight is 357 g/mol. The number of likely N-dealkylation sites (tertiary alicyclic amines) is 1. The van der Waals surface area contributed by atoms with Gasteiger partial charge >= 0.3 is 5.97 Å². The van der Waals surface area contributed by atoms with Gasteiger partial charge < -0.3 is 9.64 Å². The summed E-state index contributed by atoms with van der Waals surface area (Å²) in [7, 11) is 1.27. The lowest BCUT2D eigenvalue weighted by Gasteiger charge is -2.23. The van der Waals surface area contributed by atoms with Crippen molar-refractivity contribution >= 4 is 33.5 Å². The third-order valence-corrected chi connectivity index (χ3v) is 4.23. The minimum absolute atomic E-state index is 0.121. The van der Waals surface area contributed by atoms with Gasteiger partial charge in [0.05, 0.1) is 17.6 Å². The van der Waals surface area contributed by atoms with Crippen molar-refractivity contribution in [3.8, 4) is 0 Å². The van der Waals surface area contributed by atoms with E-state index in [0.29, 0.717) is 19.4 Å². The summed E-state index contributed by atoms with van der Waals surface area (Å²) in [4.78, 5) is 36.0. The Labute approximate surface area is 129 Å². The molecule has 1 heterocycles. The van der Waals surface area contributed by atoms with Gasteiger partial charge in [-0.15, -0.1) is 0 Å². The SMILES string of the molecule is COC(=O)C1CCCN1C(=O)c1cccc([N+](=O)[O-])c1Br. The van der Waals surface area contributed by atoms with Crippen LogP contribution in [-0.4, -0.2) is 41.4 Å². The Morgan fingerprint density at radius 2 is 2.19 bits per heavy atom. The lowest BCUT2D eigenvalue weighted by atomic mass is 10.1. The van der Waals surface area contributed by atoms with Crippen molar-refractivity contribution < 1.29 is 19.2 Å². The number of benzene rings is 1. The number of esters is 1. The first kappa shape index (κ1) is 15.4. The van der Waals surface area contributed by atoms with Crippen molar-refractivity contribution in [2.45, 2.75) is 18.9 Å². The molecule has 0 N–H and O–H groups in total. The smallest absolute Gasteiger partial charge is 0.328 e. The highest BCUT2D eigenvalue weighted by atomic mass is 79.9. The lowest BCUT2D eigenvalue weighted by Crippen LogP contribution is -2.41. The Bertz CT molecular complexity index is 604. The summed E-state index contributed by atoms with van der Waals surface area (Å²) in [6, 6.07) is 3.61. The number of halogens is 1. The third kappa shape index (κ3) is 2.90. The quantitative estimate of drug-likeness (QED) is 0.470. The van der Waals surface area contributed by atoms with Gasteiger partial charge in [-0.05, 0) is 34.8 Å². The number of carbonyl (C=O) groups excluding carboxylic acids is 2. The number of nitro benzene ring substituents is 1. The molecule has 1 saturated heterocycles. The van der Waals surface area contributed by atoms with Crippen molar-refractivity contribution in [3.63, 3.8) is 0 Å². The van der Waals surface area contributed by atoms with E-state index in [1.807, 2.05) is 0 Å². The van der Waals surface area contributed by atoms with Crippen LogP contribution < -0.4 is 0 Å². The minimum Gasteiger partial charge on any atom is -0.467 e. The van der Waals surface area contributed by atoms with Crippen LogP contribution in [-0.2, 0) is 9.53 Å². The van der Waals surface area contributed by atoms with Gasteiger partial charge in [-0.3, -0.25) is 14.9 Å². The monoisotopic (exact) mass is 356 g/mol. The standard InChI is InChI=1S/C13H13BrN2O5/c1-21-13(18)10-6-3-7-15(10)12(17)8-4-2-5-9(11(8)14)16(19)20/h2,4-5,10H,3,6-7H2,1H3. The molecule has 0 bridgehead atoms. The summed E-state index contributed by atoms with van der Waals surface area (Å²) in [5.41, 5.74) is -0.0188. The Morgan fingerprint density at radius 1 is 1.48 bits per heavy atom. The van der Waals surface area contributed by atoms with E-state index in [1.165, 1.54) is 30.2 Å². The fraction of sp³-hybridized carbons (Fsp3) is 0.385. The first-order chi connectivity index (χ1) is 9.97. The van der Waals surface area contributed by atoms with Crippen molar-refractivity contribution in [3.05, 3.63) is 38.3 Å². The third-order valence-electron chi connectivity index (χ3n) is 3.39. The number of hydrogen-bond donors (Lipinski definition) is 0. The molecule has 8 heteroatoms. The lowest BCUT2D eigenvalue weighted by molar-refractivity contribution is -0.385. The molecule has 1 atom stereocenters. The number of nitrogens with zero attached hydrogens (tertiary/aromatic N) is 2. The molecular formula is C13H13BrN2O5. The van der Waals surface area contributed by atoms with Gasteiger partial charge in [0.1, 0.15) is 10.5 Å². The van der Waals surface area contributed by atoms with Crippen LogP contribution in [0.2, 0.25) is 0 Å². The topological polar surface area (TPSA) is 89.8 Å². The second-order valence-corrected chi connectivity index (χ2v) is 5.37. The van der Waals surface area contributed by atoms with E-state index >= 15 is 0 Å². The van der Waals surface area contributed by atoms with Gasteiger partial charge in [0, 0.05) is 12.6 Å². The largest absolute Gasteiger partial charge is 0.467 e. The normalized spacial score (nSPS) is 17.6. The molecule has 1 unspecified atom stereocenters. The summed E-state index contributed by atoms with van der Waals surface area (Å²) in [5, 5.41) is 10.9. The van der Waals surface area contributed by atoms with E-state index in [1.54, 1.807) is 0 Å². The van der Waals surface area contributed by atoms with Gasteiger partial charge in [0.25, 0.3) is 11.6 Å². The van der Waals surface area contributed by atoms with Gasteiger partial charge in [-0.25, -0.2) is 4.79 Å². The highest BCUT2D eigenvalue weighted by Gasteiger charge is 2.36. The van der Waals surface area contributed by atoms with E-state index in [9.17, 15) is 19.7 Å². The van der Waals surface area contributed by atoms with Crippen molar-refractivity contribution in [1.82, 2.24) is 4.90 Å². The van der Waals surface area contributed by atoms with Crippen LogP contribution in [0.3, 0.4) is 0 Å². The molecule has 112 valence electrons. The zero-order valence-electron chi connectivity index (χ0n) is 11.2. The van der Waals surface area contributed by atoms with Gasteiger partial charge in [0.15, 0.2) is 0 Å². The molecule has 2 rings (SSSR count). The number of ether oxygens (including phenoxy) is 1. The Hall–Kier alpha value is -1.96. The minimum atomic E-state index is -0.631.